The van der Waals surface area contributed by atoms with Crippen molar-refractivity contribution in [2.24, 2.45) is 5.41 Å². The first kappa shape index (κ1) is 21.8. The van der Waals surface area contributed by atoms with Gasteiger partial charge in [0.1, 0.15) is 11.8 Å². The number of rotatable bonds is 5. The minimum atomic E-state index is -0.299. The number of ether oxygens (including phenoxy) is 1. The Bertz CT molecular complexity index is 1240. The minimum Gasteiger partial charge on any atom is -0.497 e. The van der Waals surface area contributed by atoms with Crippen molar-refractivity contribution in [1.29, 1.82) is 0 Å². The first-order valence-corrected chi connectivity index (χ1v) is 12.1. The maximum absolute atomic E-state index is 13.3. The van der Waals surface area contributed by atoms with Gasteiger partial charge in [0, 0.05) is 23.4 Å². The average molecular weight is 461 g/mol. The van der Waals surface area contributed by atoms with Crippen LogP contribution < -0.4 is 10.1 Å². The van der Waals surface area contributed by atoms with Gasteiger partial charge in [-0.3, -0.25) is 4.79 Å². The number of nitrogens with one attached hydrogen (secondary N) is 1. The zero-order valence-electron chi connectivity index (χ0n) is 19.4. The van der Waals surface area contributed by atoms with Gasteiger partial charge in [-0.25, -0.2) is 4.68 Å². The summed E-state index contributed by atoms with van der Waals surface area (Å²) in [6.07, 6.45) is 1.33. The largest absolute Gasteiger partial charge is 0.497 e. The smallest absolute Gasteiger partial charge is 0.227 e. The lowest BCUT2D eigenvalue weighted by Gasteiger charge is -2.38. The Kier molecular flexibility index (Phi) is 5.52. The van der Waals surface area contributed by atoms with Gasteiger partial charge in [0.25, 0.3) is 0 Å². The van der Waals surface area contributed by atoms with E-state index in [1.54, 1.807) is 18.9 Å². The summed E-state index contributed by atoms with van der Waals surface area (Å²) in [6.45, 7) is 6.38. The predicted octanol–water partition coefficient (Wildman–Crippen LogP) is 5.55. The van der Waals surface area contributed by atoms with Gasteiger partial charge in [-0.15, -0.1) is 5.10 Å². The number of carbonyl (C=O) groups excluding carboxylic acids is 1. The molecule has 2 aromatic carbocycles. The highest BCUT2D eigenvalue weighted by atomic mass is 32.2. The molecule has 0 saturated carbocycles. The highest BCUT2D eigenvalue weighted by Gasteiger charge is 2.41. The molecule has 2 aliphatic rings. The molecule has 0 bridgehead atoms. The average Bonchev–Trinajstić information content (AvgIpc) is 3.18. The summed E-state index contributed by atoms with van der Waals surface area (Å²) in [5, 5.41) is 8.98. The summed E-state index contributed by atoms with van der Waals surface area (Å²) in [5.41, 5.74) is 5.16. The molecule has 6 nitrogen and oxygen atoms in total. The molecule has 2 heterocycles. The molecule has 3 aromatic rings. The molecule has 170 valence electrons. The monoisotopic (exact) mass is 460 g/mol. The Morgan fingerprint density at radius 3 is 2.70 bits per heavy atom. The molecule has 1 aliphatic heterocycles. The summed E-state index contributed by atoms with van der Waals surface area (Å²) in [4.78, 5) is 18.1. The number of nitrogens with zero attached hydrogens (tertiary/aromatic N) is 3. The molecule has 0 fully saturated rings. The fraction of sp³-hybridized carbons (Fsp3) is 0.346. The zero-order valence-corrected chi connectivity index (χ0v) is 20.2. The van der Waals surface area contributed by atoms with Gasteiger partial charge in [-0.1, -0.05) is 67.6 Å². The molecular formula is C26H28N4O2S. The maximum atomic E-state index is 13.3. The van der Waals surface area contributed by atoms with Crippen LogP contribution in [-0.4, -0.2) is 27.7 Å². The van der Waals surface area contributed by atoms with E-state index >= 15 is 0 Å². The van der Waals surface area contributed by atoms with Gasteiger partial charge in [-0.05, 0) is 42.0 Å². The first-order valence-electron chi connectivity index (χ1n) is 11.1. The fourth-order valence-corrected chi connectivity index (χ4v) is 5.47. The van der Waals surface area contributed by atoms with Crippen LogP contribution in [0, 0.1) is 12.3 Å². The van der Waals surface area contributed by atoms with Crippen molar-refractivity contribution < 1.29 is 9.53 Å². The molecular weight excluding hydrogens is 432 g/mol. The summed E-state index contributed by atoms with van der Waals surface area (Å²) >= 11 is 1.61. The highest BCUT2D eigenvalue weighted by Crippen LogP contribution is 2.45. The maximum Gasteiger partial charge on any atom is 0.227 e. The molecule has 0 radical (unpaired) electrons. The van der Waals surface area contributed by atoms with Crippen LogP contribution in [0.5, 0.6) is 5.75 Å². The Labute approximate surface area is 198 Å². The number of thioether (sulfide) groups is 1. The summed E-state index contributed by atoms with van der Waals surface area (Å²) in [5.74, 6) is 2.43. The quantitative estimate of drug-likeness (QED) is 0.504. The molecule has 0 saturated heterocycles. The Balaban J connectivity index is 1.52. The van der Waals surface area contributed by atoms with Crippen molar-refractivity contribution in [3.05, 3.63) is 76.5 Å². The van der Waals surface area contributed by atoms with E-state index in [4.69, 9.17) is 14.8 Å². The van der Waals surface area contributed by atoms with Crippen LogP contribution in [0.3, 0.4) is 0 Å². The molecule has 0 spiro atoms. The summed E-state index contributed by atoms with van der Waals surface area (Å²) in [6, 6.07) is 16.1. The lowest BCUT2D eigenvalue weighted by molar-refractivity contribution is -0.118. The van der Waals surface area contributed by atoms with Gasteiger partial charge in [0.05, 0.1) is 7.11 Å². The number of fused-ring (bicyclic) bond motifs is 1. The Hall–Kier alpha value is -3.06. The van der Waals surface area contributed by atoms with Crippen LogP contribution in [0.1, 0.15) is 49.4 Å². The Morgan fingerprint density at radius 2 is 1.97 bits per heavy atom. The lowest BCUT2D eigenvalue weighted by Crippen LogP contribution is -2.36. The molecule has 0 unspecified atom stereocenters. The number of methoxy groups -OCH3 is 1. The van der Waals surface area contributed by atoms with Gasteiger partial charge >= 0.3 is 0 Å². The van der Waals surface area contributed by atoms with Crippen molar-refractivity contribution >= 4 is 23.5 Å². The van der Waals surface area contributed by atoms with Crippen molar-refractivity contribution in [2.75, 3.05) is 12.4 Å². The zero-order chi connectivity index (χ0) is 23.2. The summed E-state index contributed by atoms with van der Waals surface area (Å²) in [7, 11) is 1.65. The van der Waals surface area contributed by atoms with Crippen LogP contribution >= 0.6 is 11.8 Å². The van der Waals surface area contributed by atoms with Gasteiger partial charge in [0.15, 0.2) is 5.78 Å². The third-order valence-electron chi connectivity index (χ3n) is 6.19. The number of ketones is 1. The van der Waals surface area contributed by atoms with Gasteiger partial charge in [0.2, 0.25) is 11.1 Å². The van der Waals surface area contributed by atoms with E-state index in [2.05, 4.69) is 50.4 Å². The number of hydrogen-bond donors (Lipinski definition) is 1. The Morgan fingerprint density at radius 1 is 1.18 bits per heavy atom. The number of hydrogen-bond acceptors (Lipinski definition) is 6. The number of aryl methyl sites for hydroxylation is 1. The number of anilines is 1. The topological polar surface area (TPSA) is 69.0 Å². The van der Waals surface area contributed by atoms with Crippen LogP contribution in [-0.2, 0) is 10.5 Å². The van der Waals surface area contributed by atoms with Crippen molar-refractivity contribution in [2.45, 2.75) is 50.6 Å². The minimum absolute atomic E-state index is 0.0850. The number of carbonyl (C=O) groups is 1. The van der Waals surface area contributed by atoms with Crippen molar-refractivity contribution in [3.8, 4) is 5.75 Å². The number of benzene rings is 2. The van der Waals surface area contributed by atoms with E-state index < -0.39 is 0 Å². The van der Waals surface area contributed by atoms with Crippen molar-refractivity contribution in [3.63, 3.8) is 0 Å². The lowest BCUT2D eigenvalue weighted by atomic mass is 9.73. The molecule has 5 rings (SSSR count). The molecule has 33 heavy (non-hydrogen) atoms. The fourth-order valence-electron chi connectivity index (χ4n) is 4.69. The first-order chi connectivity index (χ1) is 15.8. The van der Waals surface area contributed by atoms with Crippen molar-refractivity contribution in [1.82, 2.24) is 14.8 Å². The van der Waals surface area contributed by atoms with E-state index in [9.17, 15) is 4.79 Å². The molecule has 1 N–H and O–H groups in total. The van der Waals surface area contributed by atoms with E-state index in [1.807, 2.05) is 28.9 Å². The van der Waals surface area contributed by atoms with Crippen LogP contribution in [0.2, 0.25) is 0 Å². The SMILES string of the molecule is COc1ccc([C@H]2C3=C(CC(C)(C)CC3=O)Nc3nc(SCc4cccc(C)c4)nn32)cc1. The van der Waals surface area contributed by atoms with Gasteiger partial charge in [-0.2, -0.15) is 4.98 Å². The number of aromatic nitrogens is 3. The second-order valence-electron chi connectivity index (χ2n) is 9.57. The van der Waals surface area contributed by atoms with Gasteiger partial charge < -0.3 is 10.1 Å². The molecule has 1 atom stereocenters. The van der Waals surface area contributed by atoms with Crippen LogP contribution in [0.4, 0.5) is 5.95 Å². The third-order valence-corrected chi connectivity index (χ3v) is 7.10. The molecule has 1 aliphatic carbocycles. The standard InChI is InChI=1S/C26H28N4O2S/c1-16-6-5-7-17(12-16)15-33-25-28-24-27-20-13-26(2,3)14-21(31)22(20)23(30(24)29-25)18-8-10-19(32-4)11-9-18/h5-12,23H,13-15H2,1-4H3,(H,27,28,29)/t23-/m0/s1. The second-order valence-corrected chi connectivity index (χ2v) is 10.5. The van der Waals surface area contributed by atoms with E-state index in [0.29, 0.717) is 17.5 Å². The third kappa shape index (κ3) is 4.29. The van der Waals surface area contributed by atoms with E-state index in [-0.39, 0.29) is 17.2 Å². The normalized spacial score (nSPS) is 19.0. The second kappa shape index (κ2) is 8.37. The number of Topliss-reactive ketones (excluding diaryl/α,β-unsaturated/α-hetero) is 1. The van der Waals surface area contributed by atoms with E-state index in [1.165, 1.54) is 11.1 Å². The molecule has 0 amide bonds. The predicted molar refractivity (Wildman–Crippen MR) is 131 cm³/mol. The van der Waals surface area contributed by atoms with Crippen LogP contribution in [0.25, 0.3) is 0 Å². The summed E-state index contributed by atoms with van der Waals surface area (Å²) < 4.78 is 7.21. The molecule has 7 heteroatoms. The van der Waals surface area contributed by atoms with E-state index in [0.717, 1.165) is 34.8 Å². The number of allylic oxidation sites excluding steroid dienone is 2. The highest BCUT2D eigenvalue weighted by molar-refractivity contribution is 7.98. The van der Waals surface area contributed by atoms with Crippen LogP contribution in [0.15, 0.2) is 65.0 Å². The molecule has 1 aromatic heterocycles.